The third-order valence-electron chi connectivity index (χ3n) is 5.77. The van der Waals surface area contributed by atoms with Crippen LogP contribution in [0.4, 0.5) is 4.79 Å². The lowest BCUT2D eigenvalue weighted by molar-refractivity contribution is -0.132. The molecule has 1 aromatic rings. The molecule has 1 aliphatic carbocycles. The summed E-state index contributed by atoms with van der Waals surface area (Å²) in [4.78, 5) is 38.8. The number of unbranched alkanes of at least 4 members (excludes halogenated alkanes) is 1. The number of urea groups is 1. The molecule has 0 radical (unpaired) electrons. The Morgan fingerprint density at radius 1 is 1.19 bits per heavy atom. The van der Waals surface area contributed by atoms with Crippen LogP contribution in [-0.4, -0.2) is 34.7 Å². The zero-order valence-electron chi connectivity index (χ0n) is 15.7. The molecule has 2 aliphatic rings. The Hall–Kier alpha value is -2.17. The van der Waals surface area contributed by atoms with E-state index in [9.17, 15) is 14.4 Å². The van der Waals surface area contributed by atoms with Crippen molar-refractivity contribution in [2.75, 3.05) is 6.54 Å². The number of nitrogens with one attached hydrogen (secondary N) is 1. The zero-order chi connectivity index (χ0) is 18.7. The second kappa shape index (κ2) is 7.60. The highest BCUT2D eigenvalue weighted by Gasteiger charge is 2.52. The van der Waals surface area contributed by atoms with Crippen molar-refractivity contribution in [2.24, 2.45) is 5.92 Å². The van der Waals surface area contributed by atoms with Gasteiger partial charge in [-0.2, -0.15) is 0 Å². The molecule has 0 atom stereocenters. The number of aryl methyl sites for hydroxylation is 1. The number of imide groups is 1. The Bertz CT molecular complexity index is 688. The van der Waals surface area contributed by atoms with E-state index < -0.39 is 11.6 Å². The molecule has 1 N–H and O–H groups in total. The lowest BCUT2D eigenvalue weighted by atomic mass is 9.77. The normalized spacial score (nSPS) is 25.6. The third kappa shape index (κ3) is 3.67. The van der Waals surface area contributed by atoms with Crippen molar-refractivity contribution in [1.82, 2.24) is 10.2 Å². The SMILES string of the molecule is CCCCc1ccc(C(=O)CN2C(=O)NC3(CCC(C)CC3)C2=O)cc1. The maximum Gasteiger partial charge on any atom is 0.325 e. The fourth-order valence-electron chi connectivity index (χ4n) is 3.89. The van der Waals surface area contributed by atoms with Crippen LogP contribution in [0, 0.1) is 5.92 Å². The van der Waals surface area contributed by atoms with Crippen molar-refractivity contribution in [3.63, 3.8) is 0 Å². The lowest BCUT2D eigenvalue weighted by Crippen LogP contribution is -2.49. The topological polar surface area (TPSA) is 66.5 Å². The zero-order valence-corrected chi connectivity index (χ0v) is 15.7. The van der Waals surface area contributed by atoms with Crippen molar-refractivity contribution < 1.29 is 14.4 Å². The number of amides is 3. The molecule has 1 saturated heterocycles. The van der Waals surface area contributed by atoms with Crippen molar-refractivity contribution in [1.29, 1.82) is 0 Å². The lowest BCUT2D eigenvalue weighted by Gasteiger charge is -2.33. The van der Waals surface area contributed by atoms with Crippen LogP contribution in [-0.2, 0) is 11.2 Å². The van der Waals surface area contributed by atoms with Gasteiger partial charge in [0.25, 0.3) is 5.91 Å². The van der Waals surface area contributed by atoms with E-state index in [4.69, 9.17) is 0 Å². The molecular formula is C21H28N2O3. The van der Waals surface area contributed by atoms with Crippen molar-refractivity contribution >= 4 is 17.7 Å². The highest BCUT2D eigenvalue weighted by atomic mass is 16.2. The van der Waals surface area contributed by atoms with Crippen LogP contribution in [0.15, 0.2) is 24.3 Å². The summed E-state index contributed by atoms with van der Waals surface area (Å²) in [5, 5.41) is 2.86. The van der Waals surface area contributed by atoms with Crippen LogP contribution in [0.1, 0.15) is 68.3 Å². The van der Waals surface area contributed by atoms with Crippen molar-refractivity contribution in [3.8, 4) is 0 Å². The average Bonchev–Trinajstić information content (AvgIpc) is 2.87. The monoisotopic (exact) mass is 356 g/mol. The number of benzene rings is 1. The predicted octanol–water partition coefficient (Wildman–Crippen LogP) is 3.71. The van der Waals surface area contributed by atoms with E-state index in [0.717, 1.165) is 37.0 Å². The number of carbonyl (C=O) groups excluding carboxylic acids is 3. The summed E-state index contributed by atoms with van der Waals surface area (Å²) in [7, 11) is 0. The van der Waals surface area contributed by atoms with Gasteiger partial charge in [-0.05, 0) is 50.0 Å². The van der Waals surface area contributed by atoms with E-state index in [1.165, 1.54) is 5.56 Å². The molecule has 1 aliphatic heterocycles. The molecule has 1 aromatic carbocycles. The van der Waals surface area contributed by atoms with Crippen LogP contribution in [0.3, 0.4) is 0 Å². The highest BCUT2D eigenvalue weighted by molar-refractivity contribution is 6.11. The Morgan fingerprint density at radius 3 is 2.46 bits per heavy atom. The van der Waals surface area contributed by atoms with E-state index in [0.29, 0.717) is 24.3 Å². The summed E-state index contributed by atoms with van der Waals surface area (Å²) in [5.41, 5.74) is 0.964. The van der Waals surface area contributed by atoms with Gasteiger partial charge in [-0.3, -0.25) is 14.5 Å². The van der Waals surface area contributed by atoms with E-state index in [2.05, 4.69) is 19.2 Å². The number of ketones is 1. The Labute approximate surface area is 155 Å². The van der Waals surface area contributed by atoms with Gasteiger partial charge < -0.3 is 5.32 Å². The summed E-state index contributed by atoms with van der Waals surface area (Å²) >= 11 is 0. The quantitative estimate of drug-likeness (QED) is 0.624. The maximum absolute atomic E-state index is 12.8. The van der Waals surface area contributed by atoms with E-state index in [1.807, 2.05) is 12.1 Å². The van der Waals surface area contributed by atoms with E-state index in [-0.39, 0.29) is 18.2 Å². The second-order valence-corrected chi connectivity index (χ2v) is 7.81. The molecule has 3 amide bonds. The number of carbonyl (C=O) groups is 3. The molecule has 5 heteroatoms. The number of Topliss-reactive ketones (excluding diaryl/α,β-unsaturated/α-hetero) is 1. The first-order valence-electron chi connectivity index (χ1n) is 9.71. The first kappa shape index (κ1) is 18.6. The number of hydrogen-bond donors (Lipinski definition) is 1. The molecule has 26 heavy (non-hydrogen) atoms. The summed E-state index contributed by atoms with van der Waals surface area (Å²) in [6, 6.07) is 7.07. The van der Waals surface area contributed by atoms with Gasteiger partial charge in [0.05, 0.1) is 6.54 Å². The van der Waals surface area contributed by atoms with Gasteiger partial charge in [0.1, 0.15) is 5.54 Å². The van der Waals surface area contributed by atoms with Gasteiger partial charge >= 0.3 is 6.03 Å². The molecule has 0 unspecified atom stereocenters. The average molecular weight is 356 g/mol. The molecule has 1 heterocycles. The van der Waals surface area contributed by atoms with Crippen LogP contribution >= 0.6 is 0 Å². The Morgan fingerprint density at radius 2 is 1.85 bits per heavy atom. The highest BCUT2D eigenvalue weighted by Crippen LogP contribution is 2.36. The van der Waals surface area contributed by atoms with Crippen LogP contribution in [0.2, 0.25) is 0 Å². The minimum absolute atomic E-state index is 0.184. The number of nitrogens with zero attached hydrogens (tertiary/aromatic N) is 1. The van der Waals surface area contributed by atoms with Crippen molar-refractivity contribution in [3.05, 3.63) is 35.4 Å². The molecule has 140 valence electrons. The van der Waals surface area contributed by atoms with Gasteiger partial charge in [0, 0.05) is 5.56 Å². The summed E-state index contributed by atoms with van der Waals surface area (Å²) in [6.45, 7) is 4.13. The maximum atomic E-state index is 12.8. The van der Waals surface area contributed by atoms with Gasteiger partial charge in [-0.15, -0.1) is 0 Å². The number of rotatable bonds is 6. The first-order valence-corrected chi connectivity index (χ1v) is 9.71. The van der Waals surface area contributed by atoms with E-state index >= 15 is 0 Å². The minimum Gasteiger partial charge on any atom is -0.323 e. The first-order chi connectivity index (χ1) is 12.4. The largest absolute Gasteiger partial charge is 0.325 e. The minimum atomic E-state index is -0.784. The molecular weight excluding hydrogens is 328 g/mol. The summed E-state index contributed by atoms with van der Waals surface area (Å²) < 4.78 is 0. The third-order valence-corrected chi connectivity index (χ3v) is 5.77. The van der Waals surface area contributed by atoms with E-state index in [1.54, 1.807) is 12.1 Å². The number of hydrogen-bond acceptors (Lipinski definition) is 3. The van der Waals surface area contributed by atoms with Gasteiger partial charge in [-0.25, -0.2) is 4.79 Å². The smallest absolute Gasteiger partial charge is 0.323 e. The van der Waals surface area contributed by atoms with Crippen LogP contribution in [0.5, 0.6) is 0 Å². The predicted molar refractivity (Wildman–Crippen MR) is 100.0 cm³/mol. The fourth-order valence-corrected chi connectivity index (χ4v) is 3.89. The fraction of sp³-hybridized carbons (Fsp3) is 0.571. The molecule has 3 rings (SSSR count). The summed E-state index contributed by atoms with van der Waals surface area (Å²) in [6.07, 6.45) is 6.42. The molecule has 2 fully saturated rings. The molecule has 0 bridgehead atoms. The Kier molecular flexibility index (Phi) is 5.44. The summed E-state index contributed by atoms with van der Waals surface area (Å²) in [5.74, 6) is 0.145. The Balaban J connectivity index is 1.65. The van der Waals surface area contributed by atoms with Gasteiger partial charge in [-0.1, -0.05) is 44.5 Å². The molecule has 1 saturated carbocycles. The van der Waals surface area contributed by atoms with Crippen molar-refractivity contribution in [2.45, 2.75) is 64.3 Å². The van der Waals surface area contributed by atoms with Crippen LogP contribution < -0.4 is 5.32 Å². The van der Waals surface area contributed by atoms with Crippen LogP contribution in [0.25, 0.3) is 0 Å². The second-order valence-electron chi connectivity index (χ2n) is 7.81. The molecule has 1 spiro atoms. The van der Waals surface area contributed by atoms with Gasteiger partial charge in [0.2, 0.25) is 0 Å². The molecule has 0 aromatic heterocycles. The van der Waals surface area contributed by atoms with Gasteiger partial charge in [0.15, 0.2) is 5.78 Å². The molecule has 5 nitrogen and oxygen atoms in total. The standard InChI is InChI=1S/C21H28N2O3/c1-3-4-5-16-6-8-17(9-7-16)18(24)14-23-19(25)21(22-20(23)26)12-10-15(2)11-13-21/h6-9,15H,3-5,10-14H2,1-2H3,(H,22,26).